The molecular formula is C27H30ClN3O3. The number of fused-ring (bicyclic) bond motifs is 1. The zero-order valence-electron chi connectivity index (χ0n) is 20.3. The zero-order valence-corrected chi connectivity index (χ0v) is 21.1. The maximum absolute atomic E-state index is 13.7. The van der Waals surface area contributed by atoms with Crippen LogP contribution in [0.3, 0.4) is 0 Å². The first-order valence-corrected chi connectivity index (χ1v) is 12.0. The Morgan fingerprint density at radius 2 is 1.74 bits per heavy atom. The second-order valence-electron chi connectivity index (χ2n) is 10.5. The van der Waals surface area contributed by atoms with Crippen molar-refractivity contribution in [3.63, 3.8) is 0 Å². The molecule has 2 aliphatic rings. The molecule has 2 amide bonds. The molecule has 1 fully saturated rings. The first kappa shape index (κ1) is 24.1. The molecular weight excluding hydrogens is 450 g/mol. The van der Waals surface area contributed by atoms with Crippen LogP contribution in [0, 0.1) is 11.3 Å². The van der Waals surface area contributed by atoms with E-state index in [1.165, 1.54) is 0 Å². The molecule has 7 heteroatoms. The lowest BCUT2D eigenvalue weighted by atomic mass is 9.77. The molecule has 1 saturated heterocycles. The van der Waals surface area contributed by atoms with Crippen LogP contribution >= 0.6 is 11.6 Å². The maximum Gasteiger partial charge on any atom is 0.410 e. The van der Waals surface area contributed by atoms with Gasteiger partial charge < -0.3 is 9.64 Å². The second-order valence-corrected chi connectivity index (χ2v) is 10.9. The van der Waals surface area contributed by atoms with E-state index in [9.17, 15) is 14.9 Å². The van der Waals surface area contributed by atoms with Crippen molar-refractivity contribution < 1.29 is 14.3 Å². The van der Waals surface area contributed by atoms with E-state index < -0.39 is 11.0 Å². The summed E-state index contributed by atoms with van der Waals surface area (Å²) in [5, 5.41) is 10.0. The molecule has 0 radical (unpaired) electrons. The Morgan fingerprint density at radius 3 is 2.35 bits per heavy atom. The molecule has 0 aromatic heterocycles. The minimum atomic E-state index is -0.761. The van der Waals surface area contributed by atoms with Gasteiger partial charge in [-0.3, -0.25) is 9.69 Å². The third kappa shape index (κ3) is 4.14. The smallest absolute Gasteiger partial charge is 0.410 e. The number of carbonyl (C=O) groups excluding carboxylic acids is 2. The van der Waals surface area contributed by atoms with E-state index in [1.807, 2.05) is 46.8 Å². The largest absolute Gasteiger partial charge is 0.444 e. The highest BCUT2D eigenvalue weighted by Gasteiger charge is 2.47. The van der Waals surface area contributed by atoms with Crippen molar-refractivity contribution in [2.75, 3.05) is 18.0 Å². The Morgan fingerprint density at radius 1 is 1.12 bits per heavy atom. The molecule has 0 atom stereocenters. The van der Waals surface area contributed by atoms with Gasteiger partial charge in [-0.2, -0.15) is 5.26 Å². The quantitative estimate of drug-likeness (QED) is 0.507. The summed E-state index contributed by atoms with van der Waals surface area (Å²) in [5.41, 5.74) is 2.41. The van der Waals surface area contributed by atoms with Crippen LogP contribution in [0.5, 0.6) is 0 Å². The maximum atomic E-state index is 13.7. The van der Waals surface area contributed by atoms with E-state index in [0.717, 1.165) is 29.7 Å². The van der Waals surface area contributed by atoms with Crippen LogP contribution in [0.1, 0.15) is 70.1 Å². The van der Waals surface area contributed by atoms with Crippen molar-refractivity contribution in [2.45, 2.75) is 64.4 Å². The average molecular weight is 480 g/mol. The topological polar surface area (TPSA) is 73.6 Å². The van der Waals surface area contributed by atoms with Gasteiger partial charge in [0.2, 0.25) is 5.91 Å². The molecule has 4 rings (SSSR count). The van der Waals surface area contributed by atoms with Gasteiger partial charge in [0.25, 0.3) is 0 Å². The number of nitrogens with zero attached hydrogens (tertiary/aromatic N) is 3. The highest BCUT2D eigenvalue weighted by molar-refractivity contribution is 6.32. The molecule has 0 unspecified atom stereocenters. The summed E-state index contributed by atoms with van der Waals surface area (Å²) in [6.45, 7) is 10.7. The van der Waals surface area contributed by atoms with Gasteiger partial charge in [-0.15, -0.1) is 0 Å². The molecule has 34 heavy (non-hydrogen) atoms. The minimum Gasteiger partial charge on any atom is -0.444 e. The standard InChI is InChI=1S/C27H30ClN3O3/c1-26(2,3)34-25(33)30-14-12-17(13-15-30)18-8-6-11-22-23(18)27(4,5)24(32)31(22)21-10-7-9-20(28)19(21)16-29/h6-11,17H,12-15H2,1-5H3. The van der Waals surface area contributed by atoms with Crippen molar-refractivity contribution in [2.24, 2.45) is 0 Å². The molecule has 6 nitrogen and oxygen atoms in total. The predicted molar refractivity (Wildman–Crippen MR) is 133 cm³/mol. The average Bonchev–Trinajstić information content (AvgIpc) is 2.98. The summed E-state index contributed by atoms with van der Waals surface area (Å²) in [6.07, 6.45) is 1.30. The number of halogens is 1. The summed E-state index contributed by atoms with van der Waals surface area (Å²) in [7, 11) is 0. The fourth-order valence-corrected chi connectivity index (χ4v) is 5.22. The third-order valence-corrected chi connectivity index (χ3v) is 6.92. The van der Waals surface area contributed by atoms with Crippen molar-refractivity contribution in [3.8, 4) is 6.07 Å². The van der Waals surface area contributed by atoms with Gasteiger partial charge in [-0.1, -0.05) is 29.8 Å². The van der Waals surface area contributed by atoms with E-state index in [-0.39, 0.29) is 23.5 Å². The summed E-state index contributed by atoms with van der Waals surface area (Å²) < 4.78 is 5.53. The van der Waals surface area contributed by atoms with E-state index in [2.05, 4.69) is 12.1 Å². The zero-order chi connectivity index (χ0) is 24.8. The first-order valence-electron chi connectivity index (χ1n) is 11.6. The lowest BCUT2D eigenvalue weighted by Gasteiger charge is -2.35. The fourth-order valence-electron chi connectivity index (χ4n) is 5.01. The van der Waals surface area contributed by atoms with Gasteiger partial charge in [0, 0.05) is 13.1 Å². The Hall–Kier alpha value is -3.04. The van der Waals surface area contributed by atoms with Crippen LogP contribution in [0.25, 0.3) is 0 Å². The number of amides is 2. The van der Waals surface area contributed by atoms with Crippen molar-refractivity contribution in [1.82, 2.24) is 4.90 Å². The Balaban J connectivity index is 1.68. The van der Waals surface area contributed by atoms with Crippen LogP contribution in [-0.2, 0) is 14.9 Å². The molecule has 2 heterocycles. The molecule has 2 aromatic carbocycles. The highest BCUT2D eigenvalue weighted by atomic mass is 35.5. The monoisotopic (exact) mass is 479 g/mol. The summed E-state index contributed by atoms with van der Waals surface area (Å²) >= 11 is 6.28. The summed E-state index contributed by atoms with van der Waals surface area (Å²) in [6, 6.07) is 13.3. The second kappa shape index (κ2) is 8.63. The number of piperidine rings is 1. The molecule has 0 N–H and O–H groups in total. The lowest BCUT2D eigenvalue weighted by molar-refractivity contribution is -0.121. The lowest BCUT2D eigenvalue weighted by Crippen LogP contribution is -2.41. The molecule has 0 spiro atoms. The number of hydrogen-bond acceptors (Lipinski definition) is 4. The van der Waals surface area contributed by atoms with Crippen molar-refractivity contribution >= 4 is 35.0 Å². The van der Waals surface area contributed by atoms with Crippen LogP contribution in [0.15, 0.2) is 36.4 Å². The number of likely N-dealkylation sites (tertiary alicyclic amines) is 1. The van der Waals surface area contributed by atoms with Crippen LogP contribution in [0.4, 0.5) is 16.2 Å². The van der Waals surface area contributed by atoms with Crippen LogP contribution in [-0.4, -0.2) is 35.6 Å². The van der Waals surface area contributed by atoms with Gasteiger partial charge in [0.1, 0.15) is 11.7 Å². The first-order chi connectivity index (χ1) is 16.0. The summed E-state index contributed by atoms with van der Waals surface area (Å²) in [5.74, 6) is 0.135. The van der Waals surface area contributed by atoms with Gasteiger partial charge in [0.05, 0.1) is 27.4 Å². The number of nitriles is 1. The Bertz CT molecular complexity index is 1180. The van der Waals surface area contributed by atoms with Crippen LogP contribution < -0.4 is 4.90 Å². The Kier molecular flexibility index (Phi) is 6.12. The van der Waals surface area contributed by atoms with Gasteiger partial charge in [-0.25, -0.2) is 4.79 Å². The van der Waals surface area contributed by atoms with E-state index >= 15 is 0 Å². The van der Waals surface area contributed by atoms with Gasteiger partial charge in [0.15, 0.2) is 0 Å². The predicted octanol–water partition coefficient (Wildman–Crippen LogP) is 6.28. The van der Waals surface area contributed by atoms with E-state index in [4.69, 9.17) is 16.3 Å². The third-order valence-electron chi connectivity index (χ3n) is 6.61. The number of hydrogen-bond donors (Lipinski definition) is 0. The highest BCUT2D eigenvalue weighted by Crippen LogP contribution is 2.50. The van der Waals surface area contributed by atoms with Crippen molar-refractivity contribution in [3.05, 3.63) is 58.1 Å². The molecule has 2 aliphatic heterocycles. The summed E-state index contributed by atoms with van der Waals surface area (Å²) in [4.78, 5) is 29.6. The number of rotatable bonds is 2. The van der Waals surface area contributed by atoms with E-state index in [1.54, 1.807) is 28.0 Å². The molecule has 0 aliphatic carbocycles. The van der Waals surface area contributed by atoms with E-state index in [0.29, 0.717) is 23.8 Å². The minimum absolute atomic E-state index is 0.0834. The Labute approximate surface area is 206 Å². The van der Waals surface area contributed by atoms with Crippen molar-refractivity contribution in [1.29, 1.82) is 5.26 Å². The number of anilines is 2. The van der Waals surface area contributed by atoms with Crippen LogP contribution in [0.2, 0.25) is 5.02 Å². The van der Waals surface area contributed by atoms with Gasteiger partial charge >= 0.3 is 6.09 Å². The number of carbonyl (C=O) groups is 2. The normalized spacial score (nSPS) is 18.0. The SMILES string of the molecule is CC(C)(C)OC(=O)N1CCC(c2cccc3c2C(C)(C)C(=O)N3c2cccc(Cl)c2C#N)CC1. The molecule has 0 saturated carbocycles. The molecule has 0 bridgehead atoms. The molecule has 178 valence electrons. The van der Waals surface area contributed by atoms with Gasteiger partial charge in [-0.05, 0) is 82.7 Å². The molecule has 2 aromatic rings. The fraction of sp³-hybridized carbons (Fsp3) is 0.444. The number of ether oxygens (including phenoxy) is 1. The number of benzene rings is 2.